The van der Waals surface area contributed by atoms with Crippen LogP contribution in [0.5, 0.6) is 0 Å². The van der Waals surface area contributed by atoms with E-state index in [2.05, 4.69) is 50.5 Å². The van der Waals surface area contributed by atoms with Gasteiger partial charge in [0.05, 0.1) is 0 Å². The summed E-state index contributed by atoms with van der Waals surface area (Å²) in [7, 11) is 4.04. The van der Waals surface area contributed by atoms with E-state index < -0.39 is 0 Å². The molecule has 30 heavy (non-hydrogen) atoms. The Hall–Kier alpha value is -2.45. The maximum absolute atomic E-state index is 13.3. The fraction of sp³-hybridized carbons (Fsp3) is 0.500. The van der Waals surface area contributed by atoms with Crippen molar-refractivity contribution in [2.75, 3.05) is 25.0 Å². The van der Waals surface area contributed by atoms with Crippen LogP contribution in [0.2, 0.25) is 0 Å². The number of fused-ring (bicyclic) bond motifs is 4. The number of thiophene rings is 1. The first-order chi connectivity index (χ1) is 14.5. The van der Waals surface area contributed by atoms with E-state index in [4.69, 9.17) is 0 Å². The first-order valence-corrected chi connectivity index (χ1v) is 11.4. The number of piperidine rings is 1. The van der Waals surface area contributed by atoms with Gasteiger partial charge in [0, 0.05) is 61.8 Å². The second-order valence-corrected chi connectivity index (χ2v) is 9.77. The number of rotatable bonds is 5. The molecule has 0 saturated carbocycles. The van der Waals surface area contributed by atoms with Crippen molar-refractivity contribution >= 4 is 17.3 Å². The summed E-state index contributed by atoms with van der Waals surface area (Å²) in [4.78, 5) is 23.8. The van der Waals surface area contributed by atoms with Crippen molar-refractivity contribution in [2.24, 2.45) is 13.0 Å². The highest BCUT2D eigenvalue weighted by molar-refractivity contribution is 7.09. The topological polar surface area (TPSA) is 59.2 Å². The Balaban J connectivity index is 1.37. The molecule has 1 saturated heterocycles. The molecule has 0 amide bonds. The SMILES string of the molecule is Cc1nc(N2C[C@@H]3C[C@H](C2)c2ccc(CN(C)Cc4cccs4)c(=O)n2C3)n(C)n1. The number of anilines is 1. The van der Waals surface area contributed by atoms with Crippen LogP contribution in [-0.4, -0.2) is 44.4 Å². The van der Waals surface area contributed by atoms with Gasteiger partial charge in [0.1, 0.15) is 5.82 Å². The maximum Gasteiger partial charge on any atom is 0.255 e. The lowest BCUT2D eigenvalue weighted by atomic mass is 9.83. The van der Waals surface area contributed by atoms with Gasteiger partial charge in [0.2, 0.25) is 5.95 Å². The molecule has 3 aromatic heterocycles. The molecule has 0 N–H and O–H groups in total. The van der Waals surface area contributed by atoms with Crippen molar-refractivity contribution < 1.29 is 0 Å². The molecule has 2 bridgehead atoms. The van der Waals surface area contributed by atoms with Crippen LogP contribution in [0.4, 0.5) is 5.95 Å². The van der Waals surface area contributed by atoms with Crippen molar-refractivity contribution in [3.63, 3.8) is 0 Å². The Morgan fingerprint density at radius 1 is 1.20 bits per heavy atom. The molecular weight excluding hydrogens is 396 g/mol. The Bertz CT molecular complexity index is 1100. The molecular formula is C22H28N6OS. The van der Waals surface area contributed by atoms with Gasteiger partial charge in [-0.3, -0.25) is 9.69 Å². The summed E-state index contributed by atoms with van der Waals surface area (Å²) in [5.74, 6) is 2.56. The molecule has 0 spiro atoms. The largest absolute Gasteiger partial charge is 0.340 e. The lowest BCUT2D eigenvalue weighted by Crippen LogP contribution is -2.48. The number of aromatic nitrogens is 4. The minimum atomic E-state index is 0.184. The third-order valence-corrected chi connectivity index (χ3v) is 7.12. The summed E-state index contributed by atoms with van der Waals surface area (Å²) in [5, 5.41) is 6.51. The van der Waals surface area contributed by atoms with Crippen LogP contribution < -0.4 is 10.5 Å². The lowest BCUT2D eigenvalue weighted by Gasteiger charge is -2.43. The number of pyridine rings is 1. The van der Waals surface area contributed by atoms with E-state index in [9.17, 15) is 4.79 Å². The van der Waals surface area contributed by atoms with Gasteiger partial charge < -0.3 is 9.47 Å². The van der Waals surface area contributed by atoms with E-state index in [1.807, 2.05) is 29.3 Å². The Labute approximate surface area is 180 Å². The molecule has 5 rings (SSSR count). The van der Waals surface area contributed by atoms with E-state index in [1.54, 1.807) is 11.3 Å². The number of nitrogens with zero attached hydrogens (tertiary/aromatic N) is 6. The highest BCUT2D eigenvalue weighted by Crippen LogP contribution is 2.36. The summed E-state index contributed by atoms with van der Waals surface area (Å²) < 4.78 is 3.92. The van der Waals surface area contributed by atoms with E-state index >= 15 is 0 Å². The molecule has 0 aliphatic carbocycles. The summed E-state index contributed by atoms with van der Waals surface area (Å²) in [5.41, 5.74) is 2.24. The van der Waals surface area contributed by atoms with E-state index in [0.29, 0.717) is 18.4 Å². The molecule has 8 heteroatoms. The van der Waals surface area contributed by atoms with Crippen LogP contribution in [0.15, 0.2) is 34.4 Å². The number of hydrogen-bond acceptors (Lipinski definition) is 6. The molecule has 0 aromatic carbocycles. The average molecular weight is 425 g/mol. The van der Waals surface area contributed by atoms with Crippen molar-refractivity contribution in [3.05, 3.63) is 62.0 Å². The number of aryl methyl sites for hydroxylation is 2. The fourth-order valence-corrected chi connectivity index (χ4v) is 5.85. The van der Waals surface area contributed by atoms with Crippen LogP contribution in [0.1, 0.15) is 34.3 Å². The van der Waals surface area contributed by atoms with Gasteiger partial charge in [-0.1, -0.05) is 12.1 Å². The average Bonchev–Trinajstić information content (AvgIpc) is 3.33. The van der Waals surface area contributed by atoms with E-state index in [1.165, 1.54) is 10.6 Å². The quantitative estimate of drug-likeness (QED) is 0.630. The normalized spacial score (nSPS) is 20.6. The van der Waals surface area contributed by atoms with Crippen LogP contribution in [-0.2, 0) is 26.7 Å². The van der Waals surface area contributed by atoms with Gasteiger partial charge >= 0.3 is 0 Å². The second-order valence-electron chi connectivity index (χ2n) is 8.74. The molecule has 3 aromatic rings. The summed E-state index contributed by atoms with van der Waals surface area (Å²) >= 11 is 1.76. The molecule has 1 fully saturated rings. The van der Waals surface area contributed by atoms with Gasteiger partial charge in [-0.05, 0) is 43.8 Å². The van der Waals surface area contributed by atoms with Crippen LogP contribution in [0.3, 0.4) is 0 Å². The first kappa shape index (κ1) is 19.5. The molecule has 7 nitrogen and oxygen atoms in total. The van der Waals surface area contributed by atoms with Gasteiger partial charge in [0.15, 0.2) is 0 Å². The van der Waals surface area contributed by atoms with Crippen LogP contribution in [0, 0.1) is 12.8 Å². The molecule has 2 aliphatic heterocycles. The van der Waals surface area contributed by atoms with Gasteiger partial charge in [0.25, 0.3) is 5.56 Å². The third kappa shape index (κ3) is 3.58. The minimum Gasteiger partial charge on any atom is -0.340 e. The zero-order chi connectivity index (χ0) is 20.8. The van der Waals surface area contributed by atoms with Crippen molar-refractivity contribution in [3.8, 4) is 0 Å². The monoisotopic (exact) mass is 424 g/mol. The third-order valence-electron chi connectivity index (χ3n) is 6.26. The standard InChI is InChI=1S/C22H28N6OS/c1-15-23-22(26(3)24-15)27-10-16-9-18(13-27)20-7-6-17(21(29)28(20)11-16)12-25(2)14-19-5-4-8-30-19/h4-8,16,18H,9-14H2,1-3H3/t16-,18+/m0/s1. The highest BCUT2D eigenvalue weighted by Gasteiger charge is 2.36. The fourth-order valence-electron chi connectivity index (χ4n) is 5.07. The minimum absolute atomic E-state index is 0.184. The molecule has 0 unspecified atom stereocenters. The summed E-state index contributed by atoms with van der Waals surface area (Å²) in [6, 6.07) is 8.45. The predicted octanol–water partition coefficient (Wildman–Crippen LogP) is 2.60. The van der Waals surface area contributed by atoms with Crippen molar-refractivity contribution in [2.45, 2.75) is 38.9 Å². The first-order valence-electron chi connectivity index (χ1n) is 10.5. The zero-order valence-electron chi connectivity index (χ0n) is 17.8. The van der Waals surface area contributed by atoms with Gasteiger partial charge in [-0.25, -0.2) is 4.68 Å². The smallest absolute Gasteiger partial charge is 0.255 e. The molecule has 2 atom stereocenters. The zero-order valence-corrected chi connectivity index (χ0v) is 18.6. The Morgan fingerprint density at radius 2 is 2.07 bits per heavy atom. The van der Waals surface area contributed by atoms with E-state index in [-0.39, 0.29) is 5.56 Å². The van der Waals surface area contributed by atoms with Crippen LogP contribution >= 0.6 is 11.3 Å². The van der Waals surface area contributed by atoms with Gasteiger partial charge in [-0.2, -0.15) is 10.1 Å². The maximum atomic E-state index is 13.3. The van der Waals surface area contributed by atoms with Crippen molar-refractivity contribution in [1.29, 1.82) is 0 Å². The summed E-state index contributed by atoms with van der Waals surface area (Å²) in [6.45, 7) is 6.09. The van der Waals surface area contributed by atoms with E-state index in [0.717, 1.165) is 49.9 Å². The van der Waals surface area contributed by atoms with Crippen LogP contribution in [0.25, 0.3) is 0 Å². The molecule has 2 aliphatic rings. The molecule has 0 radical (unpaired) electrons. The van der Waals surface area contributed by atoms with Crippen molar-refractivity contribution in [1.82, 2.24) is 24.2 Å². The van der Waals surface area contributed by atoms with Gasteiger partial charge in [-0.15, -0.1) is 11.3 Å². The summed E-state index contributed by atoms with van der Waals surface area (Å²) in [6.07, 6.45) is 1.14. The Kier molecular flexibility index (Phi) is 4.99. The predicted molar refractivity (Wildman–Crippen MR) is 119 cm³/mol. The highest BCUT2D eigenvalue weighted by atomic mass is 32.1. The Morgan fingerprint density at radius 3 is 2.80 bits per heavy atom. The lowest BCUT2D eigenvalue weighted by molar-refractivity contribution is 0.274. The molecule has 5 heterocycles. The number of hydrogen-bond donors (Lipinski definition) is 0. The second kappa shape index (κ2) is 7.67. The molecule has 158 valence electrons.